The number of benzene rings is 1. The molecule has 156 valence electrons. The molecule has 1 fully saturated rings. The normalized spacial score (nSPS) is 22.9. The van der Waals surface area contributed by atoms with Gasteiger partial charge in [0, 0.05) is 22.9 Å². The predicted octanol–water partition coefficient (Wildman–Crippen LogP) is 3.14. The van der Waals surface area contributed by atoms with Crippen LogP contribution in [0.1, 0.15) is 44.5 Å². The van der Waals surface area contributed by atoms with Crippen LogP contribution in [0.2, 0.25) is 5.02 Å². The number of aromatic nitrogens is 2. The SMILES string of the molecule is CC(C)(C)c1cc(NC(=O)[C@@H]2Cc3cc(Cl)ccc3O2)n([C@@H]2CCS(=O)(=O)C2)n1. The van der Waals surface area contributed by atoms with E-state index in [1.54, 1.807) is 22.9 Å². The smallest absolute Gasteiger partial charge is 0.266 e. The molecule has 2 aliphatic rings. The van der Waals surface area contributed by atoms with Gasteiger partial charge in [0.2, 0.25) is 0 Å². The summed E-state index contributed by atoms with van der Waals surface area (Å²) < 4.78 is 31.3. The average Bonchev–Trinajstić information content (AvgIpc) is 3.30. The minimum atomic E-state index is -3.08. The number of rotatable bonds is 3. The lowest BCUT2D eigenvalue weighted by atomic mass is 9.92. The number of amides is 1. The van der Waals surface area contributed by atoms with Gasteiger partial charge in [-0.05, 0) is 30.2 Å². The maximum Gasteiger partial charge on any atom is 0.266 e. The van der Waals surface area contributed by atoms with Crippen LogP contribution in [0.25, 0.3) is 0 Å². The Hall–Kier alpha value is -2.06. The molecule has 1 aromatic heterocycles. The number of ether oxygens (including phenoxy) is 1. The quantitative estimate of drug-likeness (QED) is 0.796. The molecule has 0 spiro atoms. The molecule has 1 aromatic carbocycles. The molecular formula is C20H24ClN3O4S. The lowest BCUT2D eigenvalue weighted by molar-refractivity contribution is -0.122. The van der Waals surface area contributed by atoms with Crippen LogP contribution < -0.4 is 10.1 Å². The monoisotopic (exact) mass is 437 g/mol. The second-order valence-electron chi connectivity index (χ2n) is 8.72. The number of carbonyl (C=O) groups excluding carboxylic acids is 1. The third-order valence-electron chi connectivity index (χ3n) is 5.30. The first-order valence-electron chi connectivity index (χ1n) is 9.58. The van der Waals surface area contributed by atoms with E-state index in [1.807, 2.05) is 26.8 Å². The van der Waals surface area contributed by atoms with Gasteiger partial charge in [-0.3, -0.25) is 4.79 Å². The highest BCUT2D eigenvalue weighted by Crippen LogP contribution is 2.33. The lowest BCUT2D eigenvalue weighted by Crippen LogP contribution is -2.32. The van der Waals surface area contributed by atoms with Crippen LogP contribution in [0.15, 0.2) is 24.3 Å². The van der Waals surface area contributed by atoms with Crippen LogP contribution in [-0.2, 0) is 26.5 Å². The molecule has 0 bridgehead atoms. The Balaban J connectivity index is 1.58. The molecule has 29 heavy (non-hydrogen) atoms. The Kier molecular flexibility index (Phi) is 4.90. The van der Waals surface area contributed by atoms with Crippen molar-refractivity contribution < 1.29 is 17.9 Å². The van der Waals surface area contributed by atoms with Crippen LogP contribution in [-0.4, -0.2) is 41.7 Å². The van der Waals surface area contributed by atoms with Crippen LogP contribution >= 0.6 is 11.6 Å². The molecule has 9 heteroatoms. The number of nitrogens with zero attached hydrogens (tertiary/aromatic N) is 2. The van der Waals surface area contributed by atoms with E-state index in [9.17, 15) is 13.2 Å². The molecule has 1 amide bonds. The first-order chi connectivity index (χ1) is 13.5. The van der Waals surface area contributed by atoms with E-state index in [2.05, 4.69) is 10.4 Å². The van der Waals surface area contributed by atoms with Crippen molar-refractivity contribution in [3.05, 3.63) is 40.5 Å². The van der Waals surface area contributed by atoms with Gasteiger partial charge in [0.1, 0.15) is 11.6 Å². The topological polar surface area (TPSA) is 90.3 Å². The highest BCUT2D eigenvalue weighted by atomic mass is 35.5. The van der Waals surface area contributed by atoms with Gasteiger partial charge in [0.25, 0.3) is 5.91 Å². The maximum atomic E-state index is 12.9. The van der Waals surface area contributed by atoms with Gasteiger partial charge < -0.3 is 10.1 Å². The molecule has 2 aliphatic heterocycles. The largest absolute Gasteiger partial charge is 0.480 e. The van der Waals surface area contributed by atoms with Gasteiger partial charge in [-0.2, -0.15) is 5.10 Å². The zero-order chi connectivity index (χ0) is 21.0. The van der Waals surface area contributed by atoms with E-state index in [1.165, 1.54) is 0 Å². The van der Waals surface area contributed by atoms with Crippen LogP contribution in [0.3, 0.4) is 0 Å². The van der Waals surface area contributed by atoms with Crippen molar-refractivity contribution in [3.63, 3.8) is 0 Å². The Labute approximate surface area is 175 Å². The molecule has 1 N–H and O–H groups in total. The van der Waals surface area contributed by atoms with Gasteiger partial charge in [-0.1, -0.05) is 32.4 Å². The Bertz CT molecular complexity index is 1070. The maximum absolute atomic E-state index is 12.9. The second-order valence-corrected chi connectivity index (χ2v) is 11.4. The van der Waals surface area contributed by atoms with Crippen molar-refractivity contribution in [3.8, 4) is 5.75 Å². The van der Waals surface area contributed by atoms with Gasteiger partial charge in [-0.15, -0.1) is 0 Å². The summed E-state index contributed by atoms with van der Waals surface area (Å²) in [7, 11) is -3.08. The second kappa shape index (κ2) is 7.02. The fourth-order valence-electron chi connectivity index (χ4n) is 3.67. The summed E-state index contributed by atoms with van der Waals surface area (Å²) in [6.45, 7) is 6.07. The zero-order valence-corrected chi connectivity index (χ0v) is 18.2. The molecule has 7 nitrogen and oxygen atoms in total. The summed E-state index contributed by atoms with van der Waals surface area (Å²) >= 11 is 6.03. The molecule has 0 radical (unpaired) electrons. The third-order valence-corrected chi connectivity index (χ3v) is 7.28. The molecule has 2 atom stereocenters. The number of fused-ring (bicyclic) bond motifs is 1. The number of sulfone groups is 1. The van der Waals surface area contributed by atoms with Gasteiger partial charge in [-0.25, -0.2) is 13.1 Å². The highest BCUT2D eigenvalue weighted by Gasteiger charge is 2.34. The van der Waals surface area contributed by atoms with E-state index in [4.69, 9.17) is 16.3 Å². The van der Waals surface area contributed by atoms with Crippen molar-refractivity contribution in [1.82, 2.24) is 9.78 Å². The van der Waals surface area contributed by atoms with E-state index < -0.39 is 15.9 Å². The number of carbonyl (C=O) groups is 1. The Morgan fingerprint density at radius 3 is 2.72 bits per heavy atom. The molecule has 3 heterocycles. The summed E-state index contributed by atoms with van der Waals surface area (Å²) in [4.78, 5) is 12.9. The predicted molar refractivity (Wildman–Crippen MR) is 111 cm³/mol. The summed E-state index contributed by atoms with van der Waals surface area (Å²) in [5, 5.41) is 8.15. The zero-order valence-electron chi connectivity index (χ0n) is 16.6. The number of hydrogen-bond acceptors (Lipinski definition) is 5. The van der Waals surface area contributed by atoms with Crippen LogP contribution in [0.4, 0.5) is 5.82 Å². The molecule has 0 saturated carbocycles. The van der Waals surface area contributed by atoms with Crippen molar-refractivity contribution in [1.29, 1.82) is 0 Å². The molecule has 2 aromatic rings. The fraction of sp³-hybridized carbons (Fsp3) is 0.500. The minimum Gasteiger partial charge on any atom is -0.480 e. The molecule has 0 unspecified atom stereocenters. The highest BCUT2D eigenvalue weighted by molar-refractivity contribution is 7.91. The number of halogens is 1. The molecule has 0 aliphatic carbocycles. The summed E-state index contributed by atoms with van der Waals surface area (Å²) in [5.74, 6) is 1.03. The van der Waals surface area contributed by atoms with E-state index in [0.717, 1.165) is 11.3 Å². The standard InChI is InChI=1S/C20H24ClN3O4S/c1-20(2,3)17-10-18(24(23-17)14-6-7-29(26,27)11-14)22-19(25)16-9-12-8-13(21)4-5-15(12)28-16/h4-5,8,10,14,16H,6-7,9,11H2,1-3H3,(H,22,25)/t14-,16+/m1/s1. The van der Waals surface area contributed by atoms with Crippen molar-refractivity contribution >= 4 is 33.2 Å². The Morgan fingerprint density at radius 1 is 1.31 bits per heavy atom. The summed E-state index contributed by atoms with van der Waals surface area (Å²) in [6, 6.07) is 6.83. The van der Waals surface area contributed by atoms with E-state index in [0.29, 0.717) is 29.4 Å². The average molecular weight is 438 g/mol. The molecule has 1 saturated heterocycles. The van der Waals surface area contributed by atoms with E-state index >= 15 is 0 Å². The third kappa shape index (κ3) is 4.14. The van der Waals surface area contributed by atoms with Crippen molar-refractivity contribution in [2.24, 2.45) is 0 Å². The number of nitrogens with one attached hydrogen (secondary N) is 1. The first kappa shape index (κ1) is 20.2. The van der Waals surface area contributed by atoms with Crippen LogP contribution in [0.5, 0.6) is 5.75 Å². The molecule has 4 rings (SSSR count). The van der Waals surface area contributed by atoms with Crippen molar-refractivity contribution in [2.45, 2.75) is 51.2 Å². The van der Waals surface area contributed by atoms with Crippen LogP contribution in [0, 0.1) is 0 Å². The van der Waals surface area contributed by atoms with E-state index in [-0.39, 0.29) is 28.9 Å². The Morgan fingerprint density at radius 2 is 2.07 bits per heavy atom. The summed E-state index contributed by atoms with van der Waals surface area (Å²) in [5.41, 5.74) is 1.45. The number of anilines is 1. The molecular weight excluding hydrogens is 414 g/mol. The first-order valence-corrected chi connectivity index (χ1v) is 11.8. The summed E-state index contributed by atoms with van der Waals surface area (Å²) in [6.07, 6.45) is 0.248. The van der Waals surface area contributed by atoms with Gasteiger partial charge in [0.15, 0.2) is 15.9 Å². The van der Waals surface area contributed by atoms with Crippen molar-refractivity contribution in [2.75, 3.05) is 16.8 Å². The minimum absolute atomic E-state index is 0.0327. The van der Waals surface area contributed by atoms with Gasteiger partial charge in [0.05, 0.1) is 23.2 Å². The fourth-order valence-corrected chi connectivity index (χ4v) is 5.56. The lowest BCUT2D eigenvalue weighted by Gasteiger charge is -2.16. The number of hydrogen-bond donors (Lipinski definition) is 1. The van der Waals surface area contributed by atoms with Gasteiger partial charge >= 0.3 is 0 Å².